The molecule has 88 valence electrons. The predicted molar refractivity (Wildman–Crippen MR) is 68.7 cm³/mol. The second-order valence-electron chi connectivity index (χ2n) is 5.27. The van der Waals surface area contributed by atoms with Crippen LogP contribution < -0.4 is 10.6 Å². The summed E-state index contributed by atoms with van der Waals surface area (Å²) < 4.78 is 0. The molecule has 0 amide bonds. The van der Waals surface area contributed by atoms with Crippen LogP contribution in [0.15, 0.2) is 24.3 Å². The van der Waals surface area contributed by atoms with Gasteiger partial charge in [-0.05, 0) is 29.9 Å². The number of aryl methyl sites for hydroxylation is 1. The second kappa shape index (κ2) is 4.98. The first-order valence-electron chi connectivity index (χ1n) is 6.16. The summed E-state index contributed by atoms with van der Waals surface area (Å²) in [4.78, 5) is 0. The summed E-state index contributed by atoms with van der Waals surface area (Å²) in [5.74, 6) is 0. The molecule has 1 aromatic carbocycles. The van der Waals surface area contributed by atoms with E-state index in [0.717, 1.165) is 32.6 Å². The summed E-state index contributed by atoms with van der Waals surface area (Å²) in [7, 11) is 0. The first-order chi connectivity index (χ1) is 7.70. The molecular formula is C14H22N2. The van der Waals surface area contributed by atoms with Crippen LogP contribution in [0.5, 0.6) is 0 Å². The van der Waals surface area contributed by atoms with E-state index in [2.05, 4.69) is 48.7 Å². The Labute approximate surface area is 98.4 Å². The van der Waals surface area contributed by atoms with Crippen LogP contribution in [0.3, 0.4) is 0 Å². The van der Waals surface area contributed by atoms with Gasteiger partial charge in [0.05, 0.1) is 0 Å². The summed E-state index contributed by atoms with van der Waals surface area (Å²) in [5, 5.41) is 7.03. The molecule has 1 aliphatic heterocycles. The Kier molecular flexibility index (Phi) is 3.62. The second-order valence-corrected chi connectivity index (χ2v) is 5.27. The van der Waals surface area contributed by atoms with Crippen LogP contribution in [-0.4, -0.2) is 26.2 Å². The van der Waals surface area contributed by atoms with Gasteiger partial charge in [-0.1, -0.05) is 31.2 Å². The summed E-state index contributed by atoms with van der Waals surface area (Å²) in [6.07, 6.45) is 1.15. The van der Waals surface area contributed by atoms with Gasteiger partial charge in [-0.25, -0.2) is 0 Å². The van der Waals surface area contributed by atoms with Gasteiger partial charge < -0.3 is 10.6 Å². The first-order valence-corrected chi connectivity index (χ1v) is 6.16. The lowest BCUT2D eigenvalue weighted by atomic mass is 9.82. The van der Waals surface area contributed by atoms with Gasteiger partial charge in [-0.2, -0.15) is 0 Å². The molecule has 0 saturated carbocycles. The van der Waals surface area contributed by atoms with Crippen molar-refractivity contribution in [2.24, 2.45) is 5.41 Å². The minimum Gasteiger partial charge on any atom is -0.315 e. The van der Waals surface area contributed by atoms with E-state index in [-0.39, 0.29) is 0 Å². The zero-order valence-electron chi connectivity index (χ0n) is 10.3. The van der Waals surface area contributed by atoms with Crippen molar-refractivity contribution in [3.63, 3.8) is 0 Å². The van der Waals surface area contributed by atoms with Gasteiger partial charge in [0.15, 0.2) is 0 Å². The van der Waals surface area contributed by atoms with E-state index in [1.54, 1.807) is 0 Å². The molecule has 1 saturated heterocycles. The van der Waals surface area contributed by atoms with Gasteiger partial charge >= 0.3 is 0 Å². The third kappa shape index (κ3) is 2.83. The molecule has 0 bridgehead atoms. The molecule has 0 radical (unpaired) electrons. The SMILES string of the molecule is Cc1ccccc1CC1(C)CNCCNC1. The largest absolute Gasteiger partial charge is 0.315 e. The van der Waals surface area contributed by atoms with Crippen LogP contribution in [0, 0.1) is 12.3 Å². The van der Waals surface area contributed by atoms with Crippen LogP contribution in [0.2, 0.25) is 0 Å². The number of hydrogen-bond acceptors (Lipinski definition) is 2. The number of rotatable bonds is 2. The van der Waals surface area contributed by atoms with E-state index >= 15 is 0 Å². The fourth-order valence-electron chi connectivity index (χ4n) is 2.41. The number of hydrogen-bond donors (Lipinski definition) is 2. The van der Waals surface area contributed by atoms with Gasteiger partial charge in [0, 0.05) is 26.2 Å². The van der Waals surface area contributed by atoms with Crippen molar-refractivity contribution in [3.8, 4) is 0 Å². The minimum absolute atomic E-state index is 0.336. The van der Waals surface area contributed by atoms with Crippen molar-refractivity contribution in [3.05, 3.63) is 35.4 Å². The lowest BCUT2D eigenvalue weighted by Gasteiger charge is -2.28. The monoisotopic (exact) mass is 218 g/mol. The highest BCUT2D eigenvalue weighted by molar-refractivity contribution is 5.26. The maximum Gasteiger partial charge on any atom is 0.00769 e. The fraction of sp³-hybridized carbons (Fsp3) is 0.571. The molecule has 2 nitrogen and oxygen atoms in total. The maximum atomic E-state index is 3.52. The van der Waals surface area contributed by atoms with Crippen molar-refractivity contribution >= 4 is 0 Å². The summed E-state index contributed by atoms with van der Waals surface area (Å²) in [6.45, 7) is 8.95. The molecule has 2 rings (SSSR count). The quantitative estimate of drug-likeness (QED) is 0.790. The van der Waals surface area contributed by atoms with Crippen LogP contribution in [-0.2, 0) is 6.42 Å². The summed E-state index contributed by atoms with van der Waals surface area (Å²) >= 11 is 0. The van der Waals surface area contributed by atoms with Gasteiger partial charge in [0.1, 0.15) is 0 Å². The van der Waals surface area contributed by atoms with E-state index < -0.39 is 0 Å². The molecule has 1 heterocycles. The smallest absolute Gasteiger partial charge is 0.00769 e. The molecular weight excluding hydrogens is 196 g/mol. The normalized spacial score (nSPS) is 20.4. The van der Waals surface area contributed by atoms with Gasteiger partial charge in [-0.3, -0.25) is 0 Å². The third-order valence-corrected chi connectivity index (χ3v) is 3.46. The molecule has 16 heavy (non-hydrogen) atoms. The van der Waals surface area contributed by atoms with Crippen LogP contribution in [0.4, 0.5) is 0 Å². The average Bonchev–Trinajstić information content (AvgIpc) is 2.47. The van der Waals surface area contributed by atoms with Crippen LogP contribution in [0.1, 0.15) is 18.1 Å². The lowest BCUT2D eigenvalue weighted by molar-refractivity contribution is 0.314. The van der Waals surface area contributed by atoms with E-state index in [4.69, 9.17) is 0 Å². The zero-order chi connectivity index (χ0) is 11.4. The van der Waals surface area contributed by atoms with Crippen molar-refractivity contribution in [1.82, 2.24) is 10.6 Å². The zero-order valence-corrected chi connectivity index (χ0v) is 10.3. The van der Waals surface area contributed by atoms with E-state index in [0.29, 0.717) is 5.41 Å². The number of benzene rings is 1. The third-order valence-electron chi connectivity index (χ3n) is 3.46. The van der Waals surface area contributed by atoms with Gasteiger partial charge in [0.2, 0.25) is 0 Å². The standard InChI is InChI=1S/C14H22N2/c1-12-5-3-4-6-13(12)9-14(2)10-15-7-8-16-11-14/h3-6,15-16H,7-11H2,1-2H3. The average molecular weight is 218 g/mol. The Morgan fingerprint density at radius 3 is 2.38 bits per heavy atom. The highest BCUT2D eigenvalue weighted by Crippen LogP contribution is 2.23. The Morgan fingerprint density at radius 1 is 1.12 bits per heavy atom. The highest BCUT2D eigenvalue weighted by Gasteiger charge is 2.26. The van der Waals surface area contributed by atoms with Gasteiger partial charge in [0.25, 0.3) is 0 Å². The van der Waals surface area contributed by atoms with Crippen molar-refractivity contribution in [2.75, 3.05) is 26.2 Å². The van der Waals surface area contributed by atoms with E-state index in [1.165, 1.54) is 11.1 Å². The molecule has 1 aliphatic rings. The van der Waals surface area contributed by atoms with Crippen molar-refractivity contribution in [2.45, 2.75) is 20.3 Å². The highest BCUT2D eigenvalue weighted by atomic mass is 15.0. The summed E-state index contributed by atoms with van der Waals surface area (Å²) in [6, 6.07) is 8.72. The maximum absolute atomic E-state index is 3.52. The fourth-order valence-corrected chi connectivity index (χ4v) is 2.41. The topological polar surface area (TPSA) is 24.1 Å². The Balaban J connectivity index is 2.10. The molecule has 1 aromatic rings. The first kappa shape index (κ1) is 11.6. The molecule has 1 fully saturated rings. The van der Waals surface area contributed by atoms with Crippen molar-refractivity contribution < 1.29 is 0 Å². The van der Waals surface area contributed by atoms with Gasteiger partial charge in [-0.15, -0.1) is 0 Å². The minimum atomic E-state index is 0.336. The Bertz CT molecular complexity index is 338. The molecule has 0 atom stereocenters. The number of nitrogens with one attached hydrogen (secondary N) is 2. The van der Waals surface area contributed by atoms with Crippen molar-refractivity contribution in [1.29, 1.82) is 0 Å². The van der Waals surface area contributed by atoms with Crippen LogP contribution in [0.25, 0.3) is 0 Å². The molecule has 0 unspecified atom stereocenters. The molecule has 2 N–H and O–H groups in total. The molecule has 2 heteroatoms. The van der Waals surface area contributed by atoms with Crippen LogP contribution >= 0.6 is 0 Å². The lowest BCUT2D eigenvalue weighted by Crippen LogP contribution is -2.37. The summed E-state index contributed by atoms with van der Waals surface area (Å²) in [5.41, 5.74) is 3.23. The van der Waals surface area contributed by atoms with E-state index in [1.807, 2.05) is 0 Å². The molecule has 0 aliphatic carbocycles. The molecule has 0 aromatic heterocycles. The Hall–Kier alpha value is -0.860. The van der Waals surface area contributed by atoms with E-state index in [9.17, 15) is 0 Å². The Morgan fingerprint density at radius 2 is 1.75 bits per heavy atom. The molecule has 0 spiro atoms. The predicted octanol–water partition coefficient (Wildman–Crippen LogP) is 1.74.